The fourth-order valence-electron chi connectivity index (χ4n) is 3.34. The van der Waals surface area contributed by atoms with Crippen LogP contribution in [0.4, 0.5) is 4.39 Å². The van der Waals surface area contributed by atoms with Crippen molar-refractivity contribution in [3.05, 3.63) is 64.9 Å². The van der Waals surface area contributed by atoms with E-state index in [0.717, 1.165) is 16.9 Å². The van der Waals surface area contributed by atoms with Crippen LogP contribution in [0.1, 0.15) is 16.2 Å². The van der Waals surface area contributed by atoms with Gasteiger partial charge in [0.15, 0.2) is 0 Å². The number of rotatable bonds is 4. The number of benzene rings is 2. The largest absolute Gasteiger partial charge is 0.365 e. The van der Waals surface area contributed by atoms with Crippen LogP contribution in [0.3, 0.4) is 0 Å². The number of hydrogen-bond acceptors (Lipinski definition) is 3. The lowest BCUT2D eigenvalue weighted by molar-refractivity contribution is 0.00774. The Morgan fingerprint density at radius 2 is 1.96 bits per heavy atom. The van der Waals surface area contributed by atoms with Gasteiger partial charge in [-0.25, -0.2) is 9.37 Å². The highest BCUT2D eigenvalue weighted by atomic mass is 35.5. The van der Waals surface area contributed by atoms with E-state index < -0.39 is 12.3 Å². The number of amides is 1. The molecule has 7 heteroatoms. The molecule has 1 aromatic heterocycles. The number of fused-ring (bicyclic) bond motifs is 1. The van der Waals surface area contributed by atoms with E-state index in [1.54, 1.807) is 24.3 Å². The third kappa shape index (κ3) is 3.55. The molecule has 1 amide bonds. The molecule has 0 radical (unpaired) electrons. The van der Waals surface area contributed by atoms with Crippen molar-refractivity contribution in [1.29, 1.82) is 0 Å². The molecule has 0 aliphatic carbocycles. The van der Waals surface area contributed by atoms with Crippen LogP contribution in [-0.2, 0) is 18.4 Å². The molecule has 5 nitrogen and oxygen atoms in total. The predicted octanol–water partition coefficient (Wildman–Crippen LogP) is 3.61. The first-order valence-electron chi connectivity index (χ1n) is 8.74. The molecule has 2 unspecified atom stereocenters. The van der Waals surface area contributed by atoms with Gasteiger partial charge in [0.1, 0.15) is 24.7 Å². The van der Waals surface area contributed by atoms with Gasteiger partial charge in [0, 0.05) is 17.6 Å². The van der Waals surface area contributed by atoms with Crippen molar-refractivity contribution in [2.75, 3.05) is 13.1 Å². The summed E-state index contributed by atoms with van der Waals surface area (Å²) >= 11 is 5.85. The molecule has 2 aromatic carbocycles. The van der Waals surface area contributed by atoms with E-state index in [2.05, 4.69) is 4.98 Å². The van der Waals surface area contributed by atoms with Gasteiger partial charge in [0.05, 0.1) is 24.1 Å². The maximum absolute atomic E-state index is 14.4. The number of hydrogen-bond donors (Lipinski definition) is 0. The number of carbonyl (C=O) groups excluding carboxylic acids is 1. The molecule has 1 saturated heterocycles. The Morgan fingerprint density at radius 3 is 2.70 bits per heavy atom. The van der Waals surface area contributed by atoms with Crippen molar-refractivity contribution in [3.8, 4) is 0 Å². The minimum absolute atomic E-state index is 0.0225. The number of nitrogens with zero attached hydrogens (tertiary/aromatic N) is 3. The average molecular weight is 388 g/mol. The number of carbonyl (C=O) groups is 1. The van der Waals surface area contributed by atoms with E-state index in [4.69, 9.17) is 16.3 Å². The Balaban J connectivity index is 1.42. The quantitative estimate of drug-likeness (QED) is 0.687. The summed E-state index contributed by atoms with van der Waals surface area (Å²) in [6.07, 6.45) is -1.89. The van der Waals surface area contributed by atoms with Gasteiger partial charge in [-0.15, -0.1) is 0 Å². The highest BCUT2D eigenvalue weighted by molar-refractivity contribution is 6.30. The third-order valence-corrected chi connectivity index (χ3v) is 5.14. The second-order valence-electron chi connectivity index (χ2n) is 6.66. The molecule has 2 heterocycles. The molecular formula is C20H19ClFN3O2. The summed E-state index contributed by atoms with van der Waals surface area (Å²) in [5.41, 5.74) is 2.36. The van der Waals surface area contributed by atoms with Crippen molar-refractivity contribution in [2.45, 2.75) is 18.9 Å². The van der Waals surface area contributed by atoms with Gasteiger partial charge in [-0.1, -0.05) is 23.7 Å². The van der Waals surface area contributed by atoms with Crippen molar-refractivity contribution >= 4 is 28.5 Å². The van der Waals surface area contributed by atoms with E-state index in [-0.39, 0.29) is 25.6 Å². The number of para-hydroxylation sites is 2. The fourth-order valence-corrected chi connectivity index (χ4v) is 3.46. The topological polar surface area (TPSA) is 47.4 Å². The summed E-state index contributed by atoms with van der Waals surface area (Å²) in [6, 6.07) is 14.4. The number of aryl methyl sites for hydroxylation is 1. The minimum atomic E-state index is -1.23. The highest BCUT2D eigenvalue weighted by Gasteiger charge is 2.36. The Morgan fingerprint density at radius 1 is 1.22 bits per heavy atom. The first-order chi connectivity index (χ1) is 13.0. The van der Waals surface area contributed by atoms with Gasteiger partial charge in [0.2, 0.25) is 0 Å². The summed E-state index contributed by atoms with van der Waals surface area (Å²) in [5.74, 6) is 0.508. The predicted molar refractivity (Wildman–Crippen MR) is 102 cm³/mol. The second-order valence-corrected chi connectivity index (χ2v) is 7.09. The highest BCUT2D eigenvalue weighted by Crippen LogP contribution is 2.22. The number of imidazole rings is 1. The van der Waals surface area contributed by atoms with E-state index in [0.29, 0.717) is 10.6 Å². The maximum atomic E-state index is 14.4. The Bertz CT molecular complexity index is 973. The number of likely N-dealkylation sites (tertiary alicyclic amines) is 1. The zero-order valence-electron chi connectivity index (χ0n) is 14.8. The first kappa shape index (κ1) is 17.9. The van der Waals surface area contributed by atoms with E-state index in [1.165, 1.54) is 4.90 Å². The molecule has 1 aliphatic heterocycles. The lowest BCUT2D eigenvalue weighted by Crippen LogP contribution is -2.30. The summed E-state index contributed by atoms with van der Waals surface area (Å²) in [5, 5.41) is 0.556. The van der Waals surface area contributed by atoms with Gasteiger partial charge >= 0.3 is 0 Å². The first-order valence-corrected chi connectivity index (χ1v) is 9.11. The van der Waals surface area contributed by atoms with Gasteiger partial charge in [0.25, 0.3) is 5.91 Å². The zero-order valence-corrected chi connectivity index (χ0v) is 15.6. The summed E-state index contributed by atoms with van der Waals surface area (Å²) < 4.78 is 22.1. The Kier molecular flexibility index (Phi) is 4.85. The molecule has 1 aliphatic rings. The number of ether oxygens (including phenoxy) is 1. The fraction of sp³-hybridized carbons (Fsp3) is 0.300. The SMILES string of the molecule is Cn1c(COC2CN(C(=O)c3ccc(Cl)cc3)CC2F)nc2ccccc21. The zero-order chi connectivity index (χ0) is 19.0. The minimum Gasteiger partial charge on any atom is -0.365 e. The molecule has 3 aromatic rings. The van der Waals surface area contributed by atoms with Gasteiger partial charge in [-0.2, -0.15) is 0 Å². The van der Waals surface area contributed by atoms with Gasteiger partial charge in [-0.05, 0) is 36.4 Å². The molecule has 0 N–H and O–H groups in total. The molecule has 27 heavy (non-hydrogen) atoms. The van der Waals surface area contributed by atoms with Crippen LogP contribution in [0.15, 0.2) is 48.5 Å². The summed E-state index contributed by atoms with van der Waals surface area (Å²) in [4.78, 5) is 18.5. The van der Waals surface area contributed by atoms with Gasteiger partial charge in [-0.3, -0.25) is 4.79 Å². The molecule has 1 fully saturated rings. The van der Waals surface area contributed by atoms with Crippen LogP contribution in [0, 0.1) is 0 Å². The summed E-state index contributed by atoms with van der Waals surface area (Å²) in [6.45, 7) is 0.431. The molecular weight excluding hydrogens is 369 g/mol. The summed E-state index contributed by atoms with van der Waals surface area (Å²) in [7, 11) is 1.91. The number of alkyl halides is 1. The molecule has 0 saturated carbocycles. The third-order valence-electron chi connectivity index (χ3n) is 4.88. The van der Waals surface area contributed by atoms with E-state index in [9.17, 15) is 9.18 Å². The lowest BCUT2D eigenvalue weighted by atomic mass is 10.2. The van der Waals surface area contributed by atoms with Crippen molar-refractivity contribution < 1.29 is 13.9 Å². The molecule has 0 bridgehead atoms. The average Bonchev–Trinajstić information content (AvgIpc) is 3.20. The molecule has 140 valence electrons. The standard InChI is InChI=1S/C20H19ClFN3O2/c1-24-17-5-3-2-4-16(17)23-19(24)12-27-18-11-25(10-15(18)22)20(26)13-6-8-14(21)9-7-13/h2-9,15,18H,10-12H2,1H3. The van der Waals surface area contributed by atoms with E-state index in [1.807, 2.05) is 35.9 Å². The Labute approximate surface area is 161 Å². The monoisotopic (exact) mass is 387 g/mol. The lowest BCUT2D eigenvalue weighted by Gasteiger charge is -2.16. The smallest absolute Gasteiger partial charge is 0.254 e. The molecule has 2 atom stereocenters. The molecule has 0 spiro atoms. The normalized spacial score (nSPS) is 19.7. The van der Waals surface area contributed by atoms with Crippen LogP contribution >= 0.6 is 11.6 Å². The van der Waals surface area contributed by atoms with E-state index >= 15 is 0 Å². The van der Waals surface area contributed by atoms with Crippen LogP contribution in [0.25, 0.3) is 11.0 Å². The van der Waals surface area contributed by atoms with Crippen LogP contribution in [-0.4, -0.2) is 45.7 Å². The van der Waals surface area contributed by atoms with Crippen molar-refractivity contribution in [3.63, 3.8) is 0 Å². The van der Waals surface area contributed by atoms with Crippen LogP contribution in [0.5, 0.6) is 0 Å². The van der Waals surface area contributed by atoms with Crippen molar-refractivity contribution in [2.24, 2.45) is 7.05 Å². The maximum Gasteiger partial charge on any atom is 0.254 e. The van der Waals surface area contributed by atoms with Gasteiger partial charge < -0.3 is 14.2 Å². The van der Waals surface area contributed by atoms with Crippen LogP contribution in [0.2, 0.25) is 5.02 Å². The van der Waals surface area contributed by atoms with Crippen LogP contribution < -0.4 is 0 Å². The number of aromatic nitrogens is 2. The molecule has 4 rings (SSSR count). The second kappa shape index (κ2) is 7.29. The Hall–Kier alpha value is -2.44. The van der Waals surface area contributed by atoms with Crippen molar-refractivity contribution in [1.82, 2.24) is 14.5 Å². The number of halogens is 2.